The highest BCUT2D eigenvalue weighted by atomic mass is 35.5. The highest BCUT2D eigenvalue weighted by Crippen LogP contribution is 2.27. The van der Waals surface area contributed by atoms with Crippen molar-refractivity contribution in [1.82, 2.24) is 15.5 Å². The van der Waals surface area contributed by atoms with Crippen molar-refractivity contribution in [2.45, 2.75) is 18.9 Å². The second kappa shape index (κ2) is 12.1. The quantitative estimate of drug-likeness (QED) is 0.556. The molecule has 2 amide bonds. The first kappa shape index (κ1) is 23.5. The lowest BCUT2D eigenvalue weighted by Gasteiger charge is -2.35. The van der Waals surface area contributed by atoms with Gasteiger partial charge in [-0.05, 0) is 42.3 Å². The van der Waals surface area contributed by atoms with Crippen molar-refractivity contribution in [2.24, 2.45) is 0 Å². The number of hydrogen-bond acceptors (Lipinski definition) is 4. The molecule has 1 heterocycles. The van der Waals surface area contributed by atoms with Gasteiger partial charge in [0.25, 0.3) is 5.91 Å². The first-order valence-electron chi connectivity index (χ1n) is 10.4. The third-order valence-corrected chi connectivity index (χ3v) is 5.81. The summed E-state index contributed by atoms with van der Waals surface area (Å²) >= 11 is 12.3. The molecule has 1 unspecified atom stereocenters. The first-order chi connectivity index (χ1) is 15.0. The largest absolute Gasteiger partial charge is 0.379 e. The molecular formula is C23H27Cl2N3O3. The predicted molar refractivity (Wildman–Crippen MR) is 123 cm³/mol. The smallest absolute Gasteiger partial charge is 0.251 e. The molecule has 0 saturated carbocycles. The molecule has 2 aromatic rings. The summed E-state index contributed by atoms with van der Waals surface area (Å²) in [6.45, 7) is 3.82. The van der Waals surface area contributed by atoms with Crippen LogP contribution in [0.5, 0.6) is 0 Å². The lowest BCUT2D eigenvalue weighted by molar-refractivity contribution is -0.121. The molecular weight excluding hydrogens is 437 g/mol. The number of hydrogen-bond donors (Lipinski definition) is 2. The Hall–Kier alpha value is -2.12. The summed E-state index contributed by atoms with van der Waals surface area (Å²) in [6.07, 6.45) is 0.888. The molecule has 6 nitrogen and oxygen atoms in total. The summed E-state index contributed by atoms with van der Waals surface area (Å²) in [6, 6.07) is 14.4. The third-order valence-electron chi connectivity index (χ3n) is 5.22. The van der Waals surface area contributed by atoms with E-state index in [4.69, 9.17) is 27.9 Å². The van der Waals surface area contributed by atoms with E-state index in [0.717, 1.165) is 18.7 Å². The molecule has 0 spiro atoms. The van der Waals surface area contributed by atoms with E-state index in [2.05, 4.69) is 15.5 Å². The van der Waals surface area contributed by atoms with Gasteiger partial charge in [-0.2, -0.15) is 0 Å². The molecule has 1 aliphatic rings. The Kier molecular flexibility index (Phi) is 9.15. The maximum Gasteiger partial charge on any atom is 0.251 e. The Balaban J connectivity index is 1.45. The van der Waals surface area contributed by atoms with Gasteiger partial charge in [0.15, 0.2) is 0 Å². The second-order valence-corrected chi connectivity index (χ2v) is 8.20. The van der Waals surface area contributed by atoms with E-state index < -0.39 is 0 Å². The van der Waals surface area contributed by atoms with Crippen molar-refractivity contribution in [3.63, 3.8) is 0 Å². The molecule has 1 fully saturated rings. The van der Waals surface area contributed by atoms with E-state index in [1.807, 2.05) is 24.3 Å². The monoisotopic (exact) mass is 463 g/mol. The fraction of sp³-hybridized carbons (Fsp3) is 0.391. The van der Waals surface area contributed by atoms with Gasteiger partial charge in [-0.1, -0.05) is 41.4 Å². The number of carbonyl (C=O) groups is 2. The van der Waals surface area contributed by atoms with Crippen LogP contribution in [0.25, 0.3) is 0 Å². The van der Waals surface area contributed by atoms with Crippen LogP contribution in [0.3, 0.4) is 0 Å². The van der Waals surface area contributed by atoms with Gasteiger partial charge in [0.1, 0.15) is 0 Å². The number of ether oxygens (including phenoxy) is 1. The number of halogens is 2. The van der Waals surface area contributed by atoms with Gasteiger partial charge in [0.05, 0.1) is 19.3 Å². The minimum Gasteiger partial charge on any atom is -0.379 e. The van der Waals surface area contributed by atoms with Crippen LogP contribution in [0.4, 0.5) is 0 Å². The number of amides is 2. The summed E-state index contributed by atoms with van der Waals surface area (Å²) in [4.78, 5) is 26.8. The van der Waals surface area contributed by atoms with Crippen LogP contribution in [-0.4, -0.2) is 56.1 Å². The lowest BCUT2D eigenvalue weighted by atomic mass is 10.0. The van der Waals surface area contributed by atoms with Gasteiger partial charge in [0.2, 0.25) is 5.91 Å². The SMILES string of the molecule is O=C(CCCNC(=O)c1ccc(Cl)cc1)NCC(c1ccccc1Cl)N1CCOCC1. The number of carbonyl (C=O) groups excluding carboxylic acids is 2. The molecule has 1 aliphatic heterocycles. The van der Waals surface area contributed by atoms with E-state index in [0.29, 0.717) is 54.8 Å². The maximum absolute atomic E-state index is 12.4. The van der Waals surface area contributed by atoms with Crippen molar-refractivity contribution in [2.75, 3.05) is 39.4 Å². The molecule has 0 bridgehead atoms. The fourth-order valence-corrected chi connectivity index (χ4v) is 3.91. The highest BCUT2D eigenvalue weighted by Gasteiger charge is 2.24. The van der Waals surface area contributed by atoms with Gasteiger partial charge in [-0.25, -0.2) is 0 Å². The topological polar surface area (TPSA) is 70.7 Å². The summed E-state index contributed by atoms with van der Waals surface area (Å²) in [5.74, 6) is -0.228. The van der Waals surface area contributed by atoms with Crippen molar-refractivity contribution in [1.29, 1.82) is 0 Å². The molecule has 1 atom stereocenters. The van der Waals surface area contributed by atoms with E-state index in [-0.39, 0.29) is 17.9 Å². The van der Waals surface area contributed by atoms with Crippen molar-refractivity contribution in [3.05, 3.63) is 69.7 Å². The molecule has 166 valence electrons. The van der Waals surface area contributed by atoms with Crippen LogP contribution < -0.4 is 10.6 Å². The molecule has 8 heteroatoms. The molecule has 1 saturated heterocycles. The zero-order chi connectivity index (χ0) is 22.1. The summed E-state index contributed by atoms with van der Waals surface area (Å²) in [5, 5.41) is 7.12. The average molecular weight is 464 g/mol. The maximum atomic E-state index is 12.4. The number of morpholine rings is 1. The summed E-state index contributed by atoms with van der Waals surface area (Å²) in [5.41, 5.74) is 1.54. The molecule has 2 aromatic carbocycles. The zero-order valence-electron chi connectivity index (χ0n) is 17.3. The summed E-state index contributed by atoms with van der Waals surface area (Å²) < 4.78 is 5.46. The average Bonchev–Trinajstić information content (AvgIpc) is 2.79. The van der Waals surface area contributed by atoms with Crippen LogP contribution >= 0.6 is 23.2 Å². The lowest BCUT2D eigenvalue weighted by Crippen LogP contribution is -2.44. The van der Waals surface area contributed by atoms with Crippen molar-refractivity contribution in [3.8, 4) is 0 Å². The molecule has 0 aromatic heterocycles. The Bertz CT molecular complexity index is 871. The van der Waals surface area contributed by atoms with E-state index in [1.165, 1.54) is 0 Å². The molecule has 0 aliphatic carbocycles. The Morgan fingerprint density at radius 2 is 1.71 bits per heavy atom. The van der Waals surface area contributed by atoms with Crippen LogP contribution in [0.1, 0.15) is 34.8 Å². The number of nitrogens with zero attached hydrogens (tertiary/aromatic N) is 1. The molecule has 2 N–H and O–H groups in total. The van der Waals surface area contributed by atoms with E-state index in [1.54, 1.807) is 24.3 Å². The number of rotatable bonds is 9. The normalized spacial score (nSPS) is 15.3. The van der Waals surface area contributed by atoms with Gasteiger partial charge in [-0.3, -0.25) is 14.5 Å². The predicted octanol–water partition coefficient (Wildman–Crippen LogP) is 3.69. The molecule has 3 rings (SSSR count). The molecule has 0 radical (unpaired) electrons. The van der Waals surface area contributed by atoms with Crippen LogP contribution in [-0.2, 0) is 9.53 Å². The van der Waals surface area contributed by atoms with Gasteiger partial charge in [0, 0.05) is 48.2 Å². The Labute approximate surface area is 192 Å². The Morgan fingerprint density at radius 3 is 2.42 bits per heavy atom. The van der Waals surface area contributed by atoms with E-state index >= 15 is 0 Å². The molecule has 31 heavy (non-hydrogen) atoms. The summed E-state index contributed by atoms with van der Waals surface area (Å²) in [7, 11) is 0. The van der Waals surface area contributed by atoms with Crippen molar-refractivity contribution >= 4 is 35.0 Å². The van der Waals surface area contributed by atoms with Crippen LogP contribution in [0.2, 0.25) is 10.0 Å². The second-order valence-electron chi connectivity index (χ2n) is 7.36. The van der Waals surface area contributed by atoms with E-state index in [9.17, 15) is 9.59 Å². The van der Waals surface area contributed by atoms with Gasteiger partial charge >= 0.3 is 0 Å². The zero-order valence-corrected chi connectivity index (χ0v) is 18.8. The minimum absolute atomic E-state index is 0.00819. The minimum atomic E-state index is -0.178. The first-order valence-corrected chi connectivity index (χ1v) is 11.2. The third kappa shape index (κ3) is 7.21. The van der Waals surface area contributed by atoms with Gasteiger partial charge < -0.3 is 15.4 Å². The fourth-order valence-electron chi connectivity index (χ4n) is 3.52. The van der Waals surface area contributed by atoms with Gasteiger partial charge in [-0.15, -0.1) is 0 Å². The van der Waals surface area contributed by atoms with Crippen molar-refractivity contribution < 1.29 is 14.3 Å². The number of nitrogens with one attached hydrogen (secondary N) is 2. The highest BCUT2D eigenvalue weighted by molar-refractivity contribution is 6.31. The standard InChI is InChI=1S/C23H27Cl2N3O3/c24-18-9-7-17(8-10-18)23(30)26-11-3-6-22(29)27-16-21(28-12-14-31-15-13-28)19-4-1-2-5-20(19)25/h1-2,4-5,7-10,21H,3,6,11-16H2,(H,26,30)(H,27,29). The Morgan fingerprint density at radius 1 is 1.00 bits per heavy atom. The van der Waals surface area contributed by atoms with Crippen LogP contribution in [0.15, 0.2) is 48.5 Å². The number of benzene rings is 2. The van der Waals surface area contributed by atoms with Crippen LogP contribution in [0, 0.1) is 0 Å².